The van der Waals surface area contributed by atoms with Gasteiger partial charge in [0.1, 0.15) is 12.4 Å². The highest BCUT2D eigenvalue weighted by Crippen LogP contribution is 2.27. The van der Waals surface area contributed by atoms with Crippen LogP contribution in [0.2, 0.25) is 0 Å². The molecule has 9 nitrogen and oxygen atoms in total. The fraction of sp³-hybridized carbons (Fsp3) is 0.316. The Labute approximate surface area is 168 Å². The van der Waals surface area contributed by atoms with Gasteiger partial charge in [-0.1, -0.05) is 30.3 Å². The summed E-state index contributed by atoms with van der Waals surface area (Å²) in [6.45, 7) is 0.120. The molecule has 0 bridgehead atoms. The average Bonchev–Trinajstić information content (AvgIpc) is 2.74. The van der Waals surface area contributed by atoms with Crippen molar-refractivity contribution < 1.29 is 33.0 Å². The summed E-state index contributed by atoms with van der Waals surface area (Å²) in [5.41, 5.74) is 2.29. The molecule has 10 heteroatoms. The number of rotatable bonds is 6. The normalized spacial score (nSPS) is 20.1. The Morgan fingerprint density at radius 2 is 1.79 bits per heavy atom. The lowest BCUT2D eigenvalue weighted by molar-refractivity contribution is -0.0392. The highest BCUT2D eigenvalue weighted by Gasteiger charge is 2.38. The maximum atomic E-state index is 13.0. The molecule has 156 valence electrons. The van der Waals surface area contributed by atoms with Crippen LogP contribution in [-0.2, 0) is 21.4 Å². The van der Waals surface area contributed by atoms with E-state index in [0.717, 1.165) is 9.87 Å². The Kier molecular flexibility index (Phi) is 6.70. The molecular formula is C19H22N2O7S. The van der Waals surface area contributed by atoms with Crippen LogP contribution in [0, 0.1) is 0 Å². The van der Waals surface area contributed by atoms with Crippen molar-refractivity contribution in [2.75, 3.05) is 6.54 Å². The van der Waals surface area contributed by atoms with E-state index in [1.165, 1.54) is 29.7 Å². The molecule has 0 unspecified atom stereocenters. The number of aliphatic hydroxyl groups is 1. The predicted molar refractivity (Wildman–Crippen MR) is 102 cm³/mol. The third-order valence-electron chi connectivity index (χ3n) is 4.47. The van der Waals surface area contributed by atoms with Gasteiger partial charge in [0.15, 0.2) is 6.23 Å². The maximum Gasteiger partial charge on any atom is 0.432 e. The lowest BCUT2D eigenvalue weighted by Crippen LogP contribution is -2.51. The second-order valence-corrected chi connectivity index (χ2v) is 8.41. The van der Waals surface area contributed by atoms with Crippen LogP contribution in [0.15, 0.2) is 59.5 Å². The van der Waals surface area contributed by atoms with Gasteiger partial charge in [-0.15, -0.1) is 0 Å². The molecule has 3 rings (SSSR count). The van der Waals surface area contributed by atoms with Crippen molar-refractivity contribution in [3.63, 3.8) is 0 Å². The summed E-state index contributed by atoms with van der Waals surface area (Å²) in [5, 5.41) is 18.5. The summed E-state index contributed by atoms with van der Waals surface area (Å²) in [6.07, 6.45) is -2.82. The minimum atomic E-state index is -4.05. The third kappa shape index (κ3) is 5.24. The molecule has 1 amide bonds. The number of hydrogen-bond acceptors (Lipinski definition) is 7. The van der Waals surface area contributed by atoms with Gasteiger partial charge in [0.05, 0.1) is 11.0 Å². The maximum absolute atomic E-state index is 13.0. The quantitative estimate of drug-likeness (QED) is 0.479. The number of aliphatic hydroxyl groups excluding tert-OH is 1. The molecule has 2 atom stereocenters. The van der Waals surface area contributed by atoms with E-state index >= 15 is 0 Å². The number of β-amino-alcohol motifs (C(OH)–C–C–N with tert-alkyl or cyclic N) is 1. The van der Waals surface area contributed by atoms with E-state index in [9.17, 15) is 18.3 Å². The molecule has 0 spiro atoms. The van der Waals surface area contributed by atoms with E-state index in [2.05, 4.69) is 0 Å². The molecule has 0 aromatic heterocycles. The van der Waals surface area contributed by atoms with Crippen molar-refractivity contribution in [1.29, 1.82) is 0 Å². The van der Waals surface area contributed by atoms with Gasteiger partial charge in [0.2, 0.25) is 10.0 Å². The van der Waals surface area contributed by atoms with Gasteiger partial charge in [0.25, 0.3) is 0 Å². The summed E-state index contributed by atoms with van der Waals surface area (Å²) in [7, 11) is -4.05. The number of nitrogens with one attached hydrogen (secondary N) is 1. The number of piperidine rings is 1. The summed E-state index contributed by atoms with van der Waals surface area (Å²) in [5.74, 6) is 0.499. The van der Waals surface area contributed by atoms with Gasteiger partial charge >= 0.3 is 6.09 Å². The summed E-state index contributed by atoms with van der Waals surface area (Å²) < 4.78 is 37.5. The van der Waals surface area contributed by atoms with Crippen LogP contribution in [-0.4, -0.2) is 48.0 Å². The molecule has 2 aromatic carbocycles. The summed E-state index contributed by atoms with van der Waals surface area (Å²) in [4.78, 5) is 11.3. The van der Waals surface area contributed by atoms with E-state index in [0.29, 0.717) is 12.4 Å². The SMILES string of the molecule is O=C(NO)O[C@@H]1CC[C@H](O)CN1S(=O)(=O)c1ccc(OCc2ccccc2)cc1. The largest absolute Gasteiger partial charge is 0.489 e. The Morgan fingerprint density at radius 1 is 1.10 bits per heavy atom. The number of carbonyl (C=O) groups excluding carboxylic acids is 1. The summed E-state index contributed by atoms with van der Waals surface area (Å²) >= 11 is 0. The molecule has 3 N–H and O–H groups in total. The topological polar surface area (TPSA) is 125 Å². The Morgan fingerprint density at radius 3 is 2.45 bits per heavy atom. The fourth-order valence-corrected chi connectivity index (χ4v) is 4.58. The standard InChI is InChI=1S/C19H22N2O7S/c22-15-6-11-18(28-19(23)20-24)21(12-15)29(25,26)17-9-7-16(8-10-17)27-13-14-4-2-1-3-5-14/h1-5,7-10,15,18,22,24H,6,11-13H2,(H,20,23)/t15-,18+/m0/s1. The monoisotopic (exact) mass is 422 g/mol. The molecule has 1 aliphatic heterocycles. The van der Waals surface area contributed by atoms with Gasteiger partial charge in [-0.3, -0.25) is 5.21 Å². The number of ether oxygens (including phenoxy) is 2. The van der Waals surface area contributed by atoms with Crippen molar-refractivity contribution in [2.45, 2.75) is 36.7 Å². The van der Waals surface area contributed by atoms with Crippen LogP contribution in [0.4, 0.5) is 4.79 Å². The van der Waals surface area contributed by atoms with E-state index in [-0.39, 0.29) is 24.3 Å². The first-order chi connectivity index (χ1) is 13.9. The molecule has 1 heterocycles. The van der Waals surface area contributed by atoms with Crippen molar-refractivity contribution in [1.82, 2.24) is 9.79 Å². The molecule has 1 saturated heterocycles. The third-order valence-corrected chi connectivity index (χ3v) is 6.34. The zero-order valence-electron chi connectivity index (χ0n) is 15.5. The molecule has 0 radical (unpaired) electrons. The first-order valence-electron chi connectivity index (χ1n) is 8.97. The predicted octanol–water partition coefficient (Wildman–Crippen LogP) is 1.85. The van der Waals surface area contributed by atoms with Gasteiger partial charge < -0.3 is 14.6 Å². The number of hydroxylamine groups is 1. The lowest BCUT2D eigenvalue weighted by atomic mass is 10.1. The summed E-state index contributed by atoms with van der Waals surface area (Å²) in [6, 6.07) is 15.4. The number of carbonyl (C=O) groups is 1. The number of benzene rings is 2. The number of hydrogen-bond donors (Lipinski definition) is 3. The molecular weight excluding hydrogens is 400 g/mol. The van der Waals surface area contributed by atoms with Gasteiger partial charge in [-0.05, 0) is 36.2 Å². The second kappa shape index (κ2) is 9.23. The van der Waals surface area contributed by atoms with Crippen LogP contribution >= 0.6 is 0 Å². The molecule has 1 aliphatic rings. The number of sulfonamides is 1. The Balaban J connectivity index is 1.73. The molecule has 2 aromatic rings. The van der Waals surface area contributed by atoms with Crippen molar-refractivity contribution in [2.24, 2.45) is 0 Å². The van der Waals surface area contributed by atoms with Crippen LogP contribution in [0.25, 0.3) is 0 Å². The molecule has 0 aliphatic carbocycles. The van der Waals surface area contributed by atoms with Crippen LogP contribution in [0.3, 0.4) is 0 Å². The molecule has 29 heavy (non-hydrogen) atoms. The van der Waals surface area contributed by atoms with Crippen LogP contribution in [0.1, 0.15) is 18.4 Å². The highest BCUT2D eigenvalue weighted by atomic mass is 32.2. The minimum absolute atomic E-state index is 0.0309. The smallest absolute Gasteiger partial charge is 0.432 e. The lowest BCUT2D eigenvalue weighted by Gasteiger charge is -2.35. The zero-order valence-corrected chi connectivity index (χ0v) is 16.3. The van der Waals surface area contributed by atoms with Crippen molar-refractivity contribution >= 4 is 16.1 Å². The van der Waals surface area contributed by atoms with Crippen molar-refractivity contribution in [3.05, 3.63) is 60.2 Å². The molecule has 0 saturated carbocycles. The fourth-order valence-electron chi connectivity index (χ4n) is 3.00. The van der Waals surface area contributed by atoms with Crippen LogP contribution < -0.4 is 10.2 Å². The van der Waals surface area contributed by atoms with E-state index in [4.69, 9.17) is 14.7 Å². The minimum Gasteiger partial charge on any atom is -0.489 e. The van der Waals surface area contributed by atoms with Crippen molar-refractivity contribution in [3.8, 4) is 5.75 Å². The van der Waals surface area contributed by atoms with E-state index in [1.54, 1.807) is 0 Å². The van der Waals surface area contributed by atoms with Crippen LogP contribution in [0.5, 0.6) is 5.75 Å². The first-order valence-corrected chi connectivity index (χ1v) is 10.4. The zero-order chi connectivity index (χ0) is 20.9. The van der Waals surface area contributed by atoms with Gasteiger partial charge in [-0.2, -0.15) is 4.31 Å². The Hall–Kier alpha value is -2.66. The van der Waals surface area contributed by atoms with Gasteiger partial charge in [-0.25, -0.2) is 18.7 Å². The number of nitrogens with zero attached hydrogens (tertiary/aromatic N) is 1. The van der Waals surface area contributed by atoms with Gasteiger partial charge in [0, 0.05) is 13.0 Å². The van der Waals surface area contributed by atoms with E-state index < -0.39 is 28.4 Å². The Bertz CT molecular complexity index is 919. The number of amides is 1. The molecule has 1 fully saturated rings. The average molecular weight is 422 g/mol. The second-order valence-electron chi connectivity index (χ2n) is 6.52. The highest BCUT2D eigenvalue weighted by molar-refractivity contribution is 7.89. The first kappa shape index (κ1) is 21.1. The van der Waals surface area contributed by atoms with E-state index in [1.807, 2.05) is 30.3 Å².